The number of nitrogens with one attached hydrogen (secondary N) is 1. The van der Waals surface area contributed by atoms with Crippen LogP contribution in [0.2, 0.25) is 0 Å². The molecule has 2 aromatic carbocycles. The van der Waals surface area contributed by atoms with Crippen LogP contribution in [0.4, 0.5) is 18.9 Å². The first-order chi connectivity index (χ1) is 17.1. The first-order valence-electron chi connectivity index (χ1n) is 11.5. The molecule has 2 heterocycles. The summed E-state index contributed by atoms with van der Waals surface area (Å²) in [6, 6.07) is 9.70. The number of carbonyl (C=O) groups excluding carboxylic acids is 2. The van der Waals surface area contributed by atoms with Crippen LogP contribution in [0.25, 0.3) is 5.57 Å². The Morgan fingerprint density at radius 3 is 2.42 bits per heavy atom. The molecular formula is C26H27F3N4O3. The summed E-state index contributed by atoms with van der Waals surface area (Å²) in [5, 5.41) is 7.52. The van der Waals surface area contributed by atoms with Crippen LogP contribution < -0.4 is 15.4 Å². The van der Waals surface area contributed by atoms with Crippen LogP contribution in [-0.2, 0) is 11.0 Å². The van der Waals surface area contributed by atoms with Crippen LogP contribution in [0.1, 0.15) is 40.7 Å². The first kappa shape index (κ1) is 25.3. The molecule has 0 unspecified atom stereocenters. The van der Waals surface area contributed by atoms with Gasteiger partial charge in [-0.2, -0.15) is 13.2 Å². The van der Waals surface area contributed by atoms with Gasteiger partial charge in [-0.1, -0.05) is 6.07 Å². The molecule has 2 aliphatic rings. The molecule has 7 nitrogen and oxygen atoms in total. The minimum absolute atomic E-state index is 0.0110. The monoisotopic (exact) mass is 500 g/mol. The second-order valence-electron chi connectivity index (χ2n) is 9.01. The van der Waals surface area contributed by atoms with E-state index in [1.54, 1.807) is 23.1 Å². The topological polar surface area (TPSA) is 99.7 Å². The maximum atomic E-state index is 13.5. The van der Waals surface area contributed by atoms with Crippen LogP contribution in [0.3, 0.4) is 0 Å². The molecule has 0 atom stereocenters. The van der Waals surface area contributed by atoms with Gasteiger partial charge in [0.05, 0.1) is 18.1 Å². The third kappa shape index (κ3) is 4.55. The number of ether oxygens (including phenoxy) is 1. The number of halogens is 3. The van der Waals surface area contributed by atoms with Crippen molar-refractivity contribution in [2.45, 2.75) is 25.4 Å². The van der Waals surface area contributed by atoms with Gasteiger partial charge in [-0.15, -0.1) is 0 Å². The Labute approximate surface area is 206 Å². The SMILES string of the molecule is COc1cc(N2CCC3(CCN(C(=O)c4cccc(C(F)(F)F)c4)CC3)C2=O)ccc1/C(C=N)=C/N. The Morgan fingerprint density at radius 2 is 1.81 bits per heavy atom. The molecule has 0 bridgehead atoms. The Balaban J connectivity index is 1.47. The van der Waals surface area contributed by atoms with Crippen LogP contribution in [0.15, 0.2) is 48.7 Å². The third-order valence-electron chi connectivity index (χ3n) is 7.10. The van der Waals surface area contributed by atoms with Gasteiger partial charge in [-0.05, 0) is 49.6 Å². The molecule has 2 amide bonds. The first-order valence-corrected chi connectivity index (χ1v) is 11.5. The lowest BCUT2D eigenvalue weighted by atomic mass is 9.77. The lowest BCUT2D eigenvalue weighted by molar-refractivity contribution is -0.137. The molecule has 2 fully saturated rings. The predicted octanol–water partition coefficient (Wildman–Crippen LogP) is 4.32. The van der Waals surface area contributed by atoms with Gasteiger partial charge in [-0.3, -0.25) is 9.59 Å². The summed E-state index contributed by atoms with van der Waals surface area (Å²) in [6.45, 7) is 1.09. The average molecular weight is 501 g/mol. The zero-order valence-electron chi connectivity index (χ0n) is 19.8. The predicted molar refractivity (Wildman–Crippen MR) is 130 cm³/mol. The standard InChI is InChI=1S/C26H27F3N4O3/c1-36-22-14-20(5-6-21(22)18(15-30)16-31)33-12-9-25(24(33)35)7-10-32(11-8-25)23(34)17-3-2-4-19(13-17)26(27,28)29/h2-6,13-16,30H,7-12,31H2,1H3/b18-16+,30-15?. The van der Waals surface area contributed by atoms with Gasteiger partial charge in [0.2, 0.25) is 5.91 Å². The summed E-state index contributed by atoms with van der Waals surface area (Å²) in [5.41, 5.74) is 5.90. The normalized spacial score (nSPS) is 18.0. The van der Waals surface area contributed by atoms with E-state index in [1.807, 2.05) is 0 Å². The number of nitrogens with two attached hydrogens (primary N) is 1. The number of carbonyl (C=O) groups is 2. The minimum Gasteiger partial charge on any atom is -0.496 e. The molecule has 4 rings (SSSR count). The van der Waals surface area contributed by atoms with E-state index in [2.05, 4.69) is 0 Å². The number of allylic oxidation sites excluding steroid dienone is 1. The molecule has 2 saturated heterocycles. The van der Waals surface area contributed by atoms with Gasteiger partial charge in [0.25, 0.3) is 5.91 Å². The summed E-state index contributed by atoms with van der Waals surface area (Å²) in [7, 11) is 1.51. The number of alkyl halides is 3. The van der Waals surface area contributed by atoms with E-state index in [4.69, 9.17) is 15.9 Å². The summed E-state index contributed by atoms with van der Waals surface area (Å²) in [4.78, 5) is 29.6. The fourth-order valence-electron chi connectivity index (χ4n) is 4.98. The molecule has 36 heavy (non-hydrogen) atoms. The lowest BCUT2D eigenvalue weighted by Gasteiger charge is -2.38. The summed E-state index contributed by atoms with van der Waals surface area (Å²) >= 11 is 0. The van der Waals surface area contributed by atoms with E-state index in [1.165, 1.54) is 30.3 Å². The van der Waals surface area contributed by atoms with E-state index in [0.29, 0.717) is 61.5 Å². The average Bonchev–Trinajstić information content (AvgIpc) is 3.19. The van der Waals surface area contributed by atoms with Crippen molar-refractivity contribution < 1.29 is 27.5 Å². The number of anilines is 1. The molecule has 3 N–H and O–H groups in total. The summed E-state index contributed by atoms with van der Waals surface area (Å²) < 4.78 is 44.6. The highest BCUT2D eigenvalue weighted by Gasteiger charge is 2.49. The molecule has 10 heteroatoms. The Kier molecular flexibility index (Phi) is 6.79. The second-order valence-corrected chi connectivity index (χ2v) is 9.01. The zero-order chi connectivity index (χ0) is 26.1. The van der Waals surface area contributed by atoms with Crippen molar-refractivity contribution in [1.29, 1.82) is 5.41 Å². The van der Waals surface area contributed by atoms with Crippen molar-refractivity contribution in [2.75, 3.05) is 31.6 Å². The quantitative estimate of drug-likeness (QED) is 0.597. The number of methoxy groups -OCH3 is 1. The van der Waals surface area contributed by atoms with E-state index in [-0.39, 0.29) is 11.5 Å². The molecule has 0 radical (unpaired) electrons. The Bertz CT molecular complexity index is 1220. The number of hydrogen-bond acceptors (Lipinski definition) is 5. The number of benzene rings is 2. The van der Waals surface area contributed by atoms with E-state index in [9.17, 15) is 22.8 Å². The Hall–Kier alpha value is -3.82. The number of piperidine rings is 1. The smallest absolute Gasteiger partial charge is 0.416 e. The van der Waals surface area contributed by atoms with Crippen molar-refractivity contribution in [3.8, 4) is 5.75 Å². The highest BCUT2D eigenvalue weighted by molar-refractivity contribution is 6.09. The van der Waals surface area contributed by atoms with Crippen molar-refractivity contribution >= 4 is 29.3 Å². The van der Waals surface area contributed by atoms with Crippen molar-refractivity contribution in [2.24, 2.45) is 11.1 Å². The fourth-order valence-corrected chi connectivity index (χ4v) is 4.98. The van der Waals surface area contributed by atoms with Crippen LogP contribution in [0, 0.1) is 10.8 Å². The third-order valence-corrected chi connectivity index (χ3v) is 7.10. The van der Waals surface area contributed by atoms with Gasteiger partial charge in [0, 0.05) is 60.5 Å². The Morgan fingerprint density at radius 1 is 1.11 bits per heavy atom. The largest absolute Gasteiger partial charge is 0.496 e. The number of likely N-dealkylation sites (tertiary alicyclic amines) is 1. The maximum absolute atomic E-state index is 13.5. The van der Waals surface area contributed by atoms with Gasteiger partial charge in [-0.25, -0.2) is 0 Å². The summed E-state index contributed by atoms with van der Waals surface area (Å²) in [5.74, 6) is -0.0124. The van der Waals surface area contributed by atoms with Gasteiger partial charge >= 0.3 is 6.18 Å². The van der Waals surface area contributed by atoms with Gasteiger partial charge in [0.1, 0.15) is 5.75 Å². The number of amides is 2. The van der Waals surface area contributed by atoms with E-state index < -0.39 is 23.1 Å². The van der Waals surface area contributed by atoms with Crippen molar-refractivity contribution in [1.82, 2.24) is 4.90 Å². The second kappa shape index (κ2) is 9.67. The lowest BCUT2D eigenvalue weighted by Crippen LogP contribution is -2.46. The number of rotatable bonds is 5. The van der Waals surface area contributed by atoms with Crippen LogP contribution >= 0.6 is 0 Å². The summed E-state index contributed by atoms with van der Waals surface area (Å²) in [6.07, 6.45) is -0.580. The molecular weight excluding hydrogens is 473 g/mol. The zero-order valence-corrected chi connectivity index (χ0v) is 19.8. The van der Waals surface area contributed by atoms with Crippen LogP contribution in [0.5, 0.6) is 5.75 Å². The van der Waals surface area contributed by atoms with Gasteiger partial charge in [0.15, 0.2) is 0 Å². The van der Waals surface area contributed by atoms with E-state index >= 15 is 0 Å². The fraction of sp³-hybridized carbons (Fsp3) is 0.346. The number of nitrogens with zero attached hydrogens (tertiary/aromatic N) is 2. The molecule has 2 aliphatic heterocycles. The van der Waals surface area contributed by atoms with E-state index in [0.717, 1.165) is 18.3 Å². The number of hydrogen-bond donors (Lipinski definition) is 2. The van der Waals surface area contributed by atoms with Crippen molar-refractivity contribution in [3.63, 3.8) is 0 Å². The minimum atomic E-state index is -4.52. The highest BCUT2D eigenvalue weighted by Crippen LogP contribution is 2.44. The highest BCUT2D eigenvalue weighted by atomic mass is 19.4. The molecule has 1 spiro atoms. The maximum Gasteiger partial charge on any atom is 0.416 e. The molecule has 0 aromatic heterocycles. The van der Waals surface area contributed by atoms with Crippen molar-refractivity contribution in [3.05, 3.63) is 65.4 Å². The molecule has 190 valence electrons. The van der Waals surface area contributed by atoms with Gasteiger partial charge < -0.3 is 25.7 Å². The van der Waals surface area contributed by atoms with Crippen LogP contribution in [-0.4, -0.2) is 49.7 Å². The molecule has 0 saturated carbocycles. The molecule has 0 aliphatic carbocycles. The molecule has 2 aromatic rings.